The van der Waals surface area contributed by atoms with Crippen molar-refractivity contribution in [3.63, 3.8) is 0 Å². The van der Waals surface area contributed by atoms with Crippen molar-refractivity contribution in [3.05, 3.63) is 59.2 Å². The van der Waals surface area contributed by atoms with Crippen molar-refractivity contribution >= 4 is 19.9 Å². The summed E-state index contributed by atoms with van der Waals surface area (Å²) in [4.78, 5) is -0.0682. The van der Waals surface area contributed by atoms with E-state index in [1.807, 2.05) is 0 Å². The van der Waals surface area contributed by atoms with Gasteiger partial charge in [-0.15, -0.1) is 0 Å². The summed E-state index contributed by atoms with van der Waals surface area (Å²) in [6.07, 6.45) is -0.230. The minimum absolute atomic E-state index is 0.0535. The predicted octanol–water partition coefficient (Wildman–Crippen LogP) is 1.29. The van der Waals surface area contributed by atoms with Gasteiger partial charge in [0.15, 0.2) is 5.44 Å². The van der Waals surface area contributed by atoms with Crippen LogP contribution in [0.3, 0.4) is 0 Å². The number of primary sulfonamides is 1. The fourth-order valence-electron chi connectivity index (χ4n) is 2.36. The largest absolute Gasteiger partial charge is 0.376 e. The summed E-state index contributed by atoms with van der Waals surface area (Å²) in [5.41, 5.74) is -0.0767. The Bertz CT molecular complexity index is 966. The number of nitrogens with two attached hydrogens (primary N) is 1. The third-order valence-corrected chi connectivity index (χ3v) is 6.67. The molecule has 8 heteroatoms. The van der Waals surface area contributed by atoms with Crippen molar-refractivity contribution in [2.75, 3.05) is 0 Å². The maximum absolute atomic E-state index is 12.6. The monoisotopic (exact) mass is 369 g/mol. The van der Waals surface area contributed by atoms with Gasteiger partial charge in [0.2, 0.25) is 19.9 Å². The van der Waals surface area contributed by atoms with Crippen LogP contribution in [0, 0.1) is 13.8 Å². The molecule has 0 aliphatic heterocycles. The van der Waals surface area contributed by atoms with E-state index in [0.717, 1.165) is 0 Å². The summed E-state index contributed by atoms with van der Waals surface area (Å²) in [6, 6.07) is 10.5. The molecule has 130 valence electrons. The van der Waals surface area contributed by atoms with Gasteiger partial charge in [0.1, 0.15) is 0 Å². The van der Waals surface area contributed by atoms with Gasteiger partial charge in [0.05, 0.1) is 9.79 Å². The quantitative estimate of drug-likeness (QED) is 0.824. The van der Waals surface area contributed by atoms with Crippen molar-refractivity contribution in [3.8, 4) is 0 Å². The third-order valence-electron chi connectivity index (χ3n) is 3.80. The highest BCUT2D eigenvalue weighted by atomic mass is 32.2. The Morgan fingerprint density at radius 3 is 2.21 bits per heavy atom. The van der Waals surface area contributed by atoms with E-state index in [1.54, 1.807) is 32.0 Å². The molecule has 0 saturated carbocycles. The van der Waals surface area contributed by atoms with Crippen LogP contribution >= 0.6 is 0 Å². The Balaban J connectivity index is 2.40. The van der Waals surface area contributed by atoms with Crippen molar-refractivity contribution in [2.45, 2.75) is 35.5 Å². The van der Waals surface area contributed by atoms with Crippen LogP contribution in [-0.2, 0) is 26.3 Å². The molecule has 0 aromatic heterocycles. The first-order valence-electron chi connectivity index (χ1n) is 7.13. The second-order valence-corrected chi connectivity index (χ2v) is 9.24. The standard InChI is InChI=1S/C16H19NO5S2/c1-11-7-8-14(24(17,21)22)9-13(11)10-16(18)23(19,20)15-6-4-3-5-12(15)2/h3-9,16,18H,10H2,1-2H3,(H2,17,21,22). The average Bonchev–Trinajstić information content (AvgIpc) is 2.48. The molecule has 0 fully saturated rings. The molecule has 2 aromatic carbocycles. The maximum atomic E-state index is 12.6. The van der Waals surface area contributed by atoms with Crippen LogP contribution < -0.4 is 5.14 Å². The van der Waals surface area contributed by atoms with Crippen molar-refractivity contribution < 1.29 is 21.9 Å². The van der Waals surface area contributed by atoms with Crippen LogP contribution in [-0.4, -0.2) is 27.4 Å². The average molecular weight is 369 g/mol. The molecule has 0 amide bonds. The van der Waals surface area contributed by atoms with Crippen LogP contribution in [0.1, 0.15) is 16.7 Å². The van der Waals surface area contributed by atoms with E-state index in [2.05, 4.69) is 0 Å². The lowest BCUT2D eigenvalue weighted by Crippen LogP contribution is -2.25. The first-order chi connectivity index (χ1) is 11.0. The summed E-state index contributed by atoms with van der Waals surface area (Å²) < 4.78 is 48.0. The van der Waals surface area contributed by atoms with Crippen molar-refractivity contribution in [1.29, 1.82) is 0 Å². The van der Waals surface area contributed by atoms with Crippen LogP contribution in [0.4, 0.5) is 0 Å². The minimum atomic E-state index is -3.96. The number of aryl methyl sites for hydroxylation is 2. The van der Waals surface area contributed by atoms with Gasteiger partial charge in [-0.2, -0.15) is 0 Å². The molecule has 3 N–H and O–H groups in total. The van der Waals surface area contributed by atoms with E-state index in [1.165, 1.54) is 24.3 Å². The van der Waals surface area contributed by atoms with E-state index in [4.69, 9.17) is 5.14 Å². The number of aliphatic hydroxyl groups is 1. The van der Waals surface area contributed by atoms with Crippen molar-refractivity contribution in [1.82, 2.24) is 0 Å². The smallest absolute Gasteiger partial charge is 0.238 e. The van der Waals surface area contributed by atoms with Gasteiger partial charge in [-0.05, 0) is 48.7 Å². The fraction of sp³-hybridized carbons (Fsp3) is 0.250. The second kappa shape index (κ2) is 6.64. The SMILES string of the molecule is Cc1ccc(S(N)(=O)=O)cc1CC(O)S(=O)(=O)c1ccccc1C. The predicted molar refractivity (Wildman–Crippen MR) is 90.6 cm³/mol. The highest BCUT2D eigenvalue weighted by molar-refractivity contribution is 7.92. The number of sulfonamides is 1. The third kappa shape index (κ3) is 3.84. The van der Waals surface area contributed by atoms with Gasteiger partial charge in [0.25, 0.3) is 0 Å². The highest BCUT2D eigenvalue weighted by Gasteiger charge is 2.27. The van der Waals surface area contributed by atoms with Gasteiger partial charge in [-0.3, -0.25) is 0 Å². The first kappa shape index (κ1) is 18.6. The van der Waals surface area contributed by atoms with E-state index >= 15 is 0 Å². The minimum Gasteiger partial charge on any atom is -0.376 e. The Kier molecular flexibility index (Phi) is 5.14. The molecule has 2 aromatic rings. The molecule has 1 atom stereocenters. The Hall–Kier alpha value is -1.74. The normalized spacial score (nSPS) is 13.7. The number of aliphatic hydroxyl groups excluding tert-OH is 1. The first-order valence-corrected chi connectivity index (χ1v) is 10.2. The Morgan fingerprint density at radius 1 is 1.00 bits per heavy atom. The molecule has 0 radical (unpaired) electrons. The van der Waals surface area contributed by atoms with Gasteiger partial charge in [-0.1, -0.05) is 24.3 Å². The zero-order valence-corrected chi connectivity index (χ0v) is 14.9. The lowest BCUT2D eigenvalue weighted by Gasteiger charge is -2.15. The molecule has 0 heterocycles. The number of hydrogen-bond donors (Lipinski definition) is 2. The number of sulfone groups is 1. The summed E-state index contributed by atoms with van der Waals surface area (Å²) in [7, 11) is -7.86. The fourth-order valence-corrected chi connectivity index (χ4v) is 4.41. The Morgan fingerprint density at radius 2 is 1.62 bits per heavy atom. The second-order valence-electron chi connectivity index (χ2n) is 5.60. The van der Waals surface area contributed by atoms with Gasteiger partial charge >= 0.3 is 0 Å². The maximum Gasteiger partial charge on any atom is 0.238 e. The number of rotatable bonds is 5. The molecule has 24 heavy (non-hydrogen) atoms. The number of hydrogen-bond acceptors (Lipinski definition) is 5. The van der Waals surface area contributed by atoms with E-state index in [9.17, 15) is 21.9 Å². The topological polar surface area (TPSA) is 115 Å². The lowest BCUT2D eigenvalue weighted by atomic mass is 10.1. The van der Waals surface area contributed by atoms with Crippen LogP contribution in [0.25, 0.3) is 0 Å². The van der Waals surface area contributed by atoms with Crippen molar-refractivity contribution in [2.24, 2.45) is 5.14 Å². The molecule has 6 nitrogen and oxygen atoms in total. The summed E-state index contributed by atoms with van der Waals surface area (Å²) >= 11 is 0. The van der Waals surface area contributed by atoms with Crippen LogP contribution in [0.15, 0.2) is 52.3 Å². The zero-order chi connectivity index (χ0) is 18.1. The summed E-state index contributed by atoms with van der Waals surface area (Å²) in [6.45, 7) is 3.35. The van der Waals surface area contributed by atoms with Gasteiger partial charge in [-0.25, -0.2) is 22.0 Å². The van der Waals surface area contributed by atoms with E-state index in [0.29, 0.717) is 16.7 Å². The molecule has 0 saturated heterocycles. The molecule has 0 bridgehead atoms. The lowest BCUT2D eigenvalue weighted by molar-refractivity contribution is 0.249. The summed E-state index contributed by atoms with van der Waals surface area (Å²) in [5, 5.41) is 15.4. The molecule has 0 aliphatic rings. The highest BCUT2D eigenvalue weighted by Crippen LogP contribution is 2.23. The number of benzene rings is 2. The van der Waals surface area contributed by atoms with Gasteiger partial charge < -0.3 is 5.11 Å². The molecular weight excluding hydrogens is 350 g/mol. The van der Waals surface area contributed by atoms with E-state index in [-0.39, 0.29) is 16.2 Å². The molecule has 1 unspecified atom stereocenters. The summed E-state index contributed by atoms with van der Waals surface area (Å²) in [5.74, 6) is 0. The molecule has 0 spiro atoms. The molecule has 0 aliphatic carbocycles. The molecule has 2 rings (SSSR count). The van der Waals surface area contributed by atoms with Crippen LogP contribution in [0.5, 0.6) is 0 Å². The Labute approximate surface area is 141 Å². The molecular formula is C16H19NO5S2. The van der Waals surface area contributed by atoms with Crippen LogP contribution in [0.2, 0.25) is 0 Å². The zero-order valence-electron chi connectivity index (χ0n) is 13.3. The van der Waals surface area contributed by atoms with Gasteiger partial charge in [0, 0.05) is 6.42 Å². The van der Waals surface area contributed by atoms with E-state index < -0.39 is 25.3 Å².